The highest BCUT2D eigenvalue weighted by Crippen LogP contribution is 2.42. The molecule has 13 rings (SSSR count). The molecule has 0 saturated carbocycles. The predicted molar refractivity (Wildman–Crippen MR) is 346 cm³/mol. The molecule has 0 fully saturated rings. The van der Waals surface area contributed by atoms with Gasteiger partial charge in [-0.25, -0.2) is 0 Å². The lowest BCUT2D eigenvalue weighted by Crippen LogP contribution is -1.93. The summed E-state index contributed by atoms with van der Waals surface area (Å²) in [7, 11) is 0. The van der Waals surface area contributed by atoms with Gasteiger partial charge in [0.05, 0.1) is 17.1 Å². The summed E-state index contributed by atoms with van der Waals surface area (Å²) in [4.78, 5) is 15.2. The van der Waals surface area contributed by atoms with E-state index in [4.69, 9.17) is 15.0 Å². The lowest BCUT2D eigenvalue weighted by Gasteiger charge is -2.18. The fourth-order valence-corrected chi connectivity index (χ4v) is 10.5. The minimum Gasteiger partial charge on any atom is -0.256 e. The third kappa shape index (κ3) is 11.9. The highest BCUT2D eigenvalue weighted by molar-refractivity contribution is 5.94. The Morgan fingerprint density at radius 2 is 0.405 bits per heavy atom. The van der Waals surface area contributed by atoms with Crippen molar-refractivity contribution in [3.63, 3.8) is 0 Å². The molecule has 0 bridgehead atoms. The minimum absolute atomic E-state index is 0.880. The van der Waals surface area contributed by atoms with Crippen LogP contribution in [0.2, 0.25) is 0 Å². The SMILES string of the molecule is C(#Cc1cccc(-c2ccc(-c3ccccc3-c3cc(-c4ccccc4-c4ccc(-c5cccc(C#Cc6ccccc6)c5)nc4)cc(-c4ccccc4-c4ccc(-c5cccc(C#Cc6ccccc6)c5)nc4)c3)cn2)c1)c1ccccc1. The third-order valence-corrected chi connectivity index (χ3v) is 14.7. The maximum absolute atomic E-state index is 5.07. The average Bonchev–Trinajstić information content (AvgIpc) is 3.63. The van der Waals surface area contributed by atoms with Crippen LogP contribution in [0.5, 0.6) is 0 Å². The van der Waals surface area contributed by atoms with Gasteiger partial charge in [-0.15, -0.1) is 0 Å². The van der Waals surface area contributed by atoms with Gasteiger partial charge in [0.1, 0.15) is 0 Å². The Hall–Kier alpha value is -11.7. The Bertz CT molecular complexity index is 4190. The highest BCUT2D eigenvalue weighted by atomic mass is 14.7. The van der Waals surface area contributed by atoms with Crippen LogP contribution in [0, 0.1) is 35.5 Å². The summed E-state index contributed by atoms with van der Waals surface area (Å²) in [5.41, 5.74) is 24.2. The molecule has 0 radical (unpaired) electrons. The van der Waals surface area contributed by atoms with E-state index in [1.165, 1.54) is 0 Å². The van der Waals surface area contributed by atoms with Gasteiger partial charge < -0.3 is 0 Å². The van der Waals surface area contributed by atoms with Gasteiger partial charge in [-0.05, 0) is 159 Å². The Labute approximate surface area is 491 Å². The molecule has 0 aliphatic heterocycles. The molecule has 3 heterocycles. The van der Waals surface area contributed by atoms with E-state index >= 15 is 0 Å². The molecule has 0 atom stereocenters. The molecule has 0 unspecified atom stereocenters. The molecule has 390 valence electrons. The van der Waals surface area contributed by atoms with Crippen molar-refractivity contribution >= 4 is 0 Å². The van der Waals surface area contributed by atoms with Crippen LogP contribution in [0.15, 0.2) is 310 Å². The van der Waals surface area contributed by atoms with E-state index in [1.807, 2.05) is 146 Å². The van der Waals surface area contributed by atoms with E-state index in [9.17, 15) is 0 Å². The monoisotopic (exact) mass is 1070 g/mol. The second-order valence-corrected chi connectivity index (χ2v) is 20.3. The van der Waals surface area contributed by atoms with Gasteiger partial charge in [0.15, 0.2) is 0 Å². The lowest BCUT2D eigenvalue weighted by molar-refractivity contribution is 1.32. The number of hydrogen-bond donors (Lipinski definition) is 0. The Morgan fingerprint density at radius 3 is 0.667 bits per heavy atom. The minimum atomic E-state index is 0.880. The van der Waals surface area contributed by atoms with Crippen molar-refractivity contribution in [3.8, 4) is 136 Å². The van der Waals surface area contributed by atoms with Crippen LogP contribution in [0.1, 0.15) is 33.4 Å². The second kappa shape index (κ2) is 24.4. The summed E-state index contributed by atoms with van der Waals surface area (Å²) < 4.78 is 0. The fraction of sp³-hybridized carbons (Fsp3) is 0. The first kappa shape index (κ1) is 51.7. The quantitative estimate of drug-likeness (QED) is 0.135. The summed E-state index contributed by atoms with van der Waals surface area (Å²) in [6, 6.07) is 101. The summed E-state index contributed by atoms with van der Waals surface area (Å²) in [6.45, 7) is 0. The maximum atomic E-state index is 5.07. The smallest absolute Gasteiger partial charge is 0.0702 e. The second-order valence-electron chi connectivity index (χ2n) is 20.3. The first-order chi connectivity index (χ1) is 41.6. The molecule has 10 aromatic carbocycles. The molecule has 84 heavy (non-hydrogen) atoms. The molecular formula is C81H51N3. The van der Waals surface area contributed by atoms with Gasteiger partial charge in [-0.3, -0.25) is 15.0 Å². The van der Waals surface area contributed by atoms with Crippen LogP contribution < -0.4 is 0 Å². The lowest BCUT2D eigenvalue weighted by atomic mass is 9.86. The summed E-state index contributed by atoms with van der Waals surface area (Å²) in [5.74, 6) is 19.9. The standard InChI is InChI=1S/C81H51N3/c1-4-19-58(20-5-1)37-40-61-25-16-28-64(49-61)79-46-43-67(55-82-79)73-31-10-13-34-76(73)70-52-71(77-35-14-11-32-74(77)68-44-47-80(83-56-68)65-29-17-26-62(50-65)41-38-59-21-6-2-7-22-59)54-72(53-70)78-36-15-12-33-75(78)69-45-48-81(84-57-69)66-30-18-27-63(51-66)42-39-60-23-8-3-9-24-60/h1-36,43-57H. The molecule has 3 heteroatoms. The number of benzene rings is 10. The van der Waals surface area contributed by atoms with E-state index in [0.29, 0.717) is 0 Å². The molecule has 3 aromatic heterocycles. The summed E-state index contributed by atoms with van der Waals surface area (Å²) >= 11 is 0. The van der Waals surface area contributed by atoms with E-state index in [-0.39, 0.29) is 0 Å². The molecule has 13 aromatic rings. The Balaban J connectivity index is 0.873. The Morgan fingerprint density at radius 1 is 0.167 bits per heavy atom. The fourth-order valence-electron chi connectivity index (χ4n) is 10.5. The van der Waals surface area contributed by atoms with Gasteiger partial charge in [0, 0.05) is 85.4 Å². The Kier molecular flexibility index (Phi) is 15.0. The van der Waals surface area contributed by atoms with Crippen molar-refractivity contribution in [1.82, 2.24) is 15.0 Å². The zero-order valence-corrected chi connectivity index (χ0v) is 45.8. The summed E-state index contributed by atoms with van der Waals surface area (Å²) in [5, 5.41) is 0. The van der Waals surface area contributed by atoms with Crippen molar-refractivity contribution in [3.05, 3.63) is 343 Å². The van der Waals surface area contributed by atoms with Gasteiger partial charge in [0.25, 0.3) is 0 Å². The molecule has 0 aliphatic rings. The molecule has 0 N–H and O–H groups in total. The number of hydrogen-bond acceptors (Lipinski definition) is 3. The molecule has 0 saturated heterocycles. The van der Waals surface area contributed by atoms with Crippen LogP contribution >= 0.6 is 0 Å². The van der Waals surface area contributed by atoms with Crippen molar-refractivity contribution in [2.75, 3.05) is 0 Å². The molecule has 0 aliphatic carbocycles. The first-order valence-corrected chi connectivity index (χ1v) is 28.0. The first-order valence-electron chi connectivity index (χ1n) is 28.0. The molecule has 0 amide bonds. The average molecular weight is 1070 g/mol. The van der Waals surface area contributed by atoms with Gasteiger partial charge in [0.2, 0.25) is 0 Å². The largest absolute Gasteiger partial charge is 0.256 e. The highest BCUT2D eigenvalue weighted by Gasteiger charge is 2.17. The van der Waals surface area contributed by atoms with Gasteiger partial charge >= 0.3 is 0 Å². The topological polar surface area (TPSA) is 38.7 Å². The van der Waals surface area contributed by atoms with Crippen LogP contribution in [0.25, 0.3) is 101 Å². The van der Waals surface area contributed by atoms with Crippen molar-refractivity contribution < 1.29 is 0 Å². The van der Waals surface area contributed by atoms with Crippen LogP contribution in [0.3, 0.4) is 0 Å². The van der Waals surface area contributed by atoms with E-state index in [0.717, 1.165) is 134 Å². The molecule has 3 nitrogen and oxygen atoms in total. The van der Waals surface area contributed by atoms with E-state index < -0.39 is 0 Å². The van der Waals surface area contributed by atoms with E-state index in [2.05, 4.69) is 199 Å². The normalized spacial score (nSPS) is 10.6. The summed E-state index contributed by atoms with van der Waals surface area (Å²) in [6.07, 6.45) is 5.96. The van der Waals surface area contributed by atoms with Crippen LogP contribution in [-0.4, -0.2) is 15.0 Å². The number of aromatic nitrogens is 3. The maximum Gasteiger partial charge on any atom is 0.0702 e. The van der Waals surface area contributed by atoms with Crippen LogP contribution in [0.4, 0.5) is 0 Å². The number of pyridine rings is 3. The van der Waals surface area contributed by atoms with Crippen LogP contribution in [-0.2, 0) is 0 Å². The molecule has 0 spiro atoms. The molecular weight excluding hydrogens is 1010 g/mol. The van der Waals surface area contributed by atoms with E-state index in [1.54, 1.807) is 0 Å². The van der Waals surface area contributed by atoms with Crippen molar-refractivity contribution in [1.29, 1.82) is 0 Å². The van der Waals surface area contributed by atoms with Crippen molar-refractivity contribution in [2.24, 2.45) is 0 Å². The number of rotatable bonds is 9. The van der Waals surface area contributed by atoms with Gasteiger partial charge in [-0.1, -0.05) is 218 Å². The van der Waals surface area contributed by atoms with Gasteiger partial charge in [-0.2, -0.15) is 0 Å². The van der Waals surface area contributed by atoms with Crippen molar-refractivity contribution in [2.45, 2.75) is 0 Å². The predicted octanol–water partition coefficient (Wildman–Crippen LogP) is 19.1. The third-order valence-electron chi connectivity index (χ3n) is 14.7. The number of nitrogens with zero attached hydrogens (tertiary/aromatic N) is 3. The zero-order chi connectivity index (χ0) is 56.3. The zero-order valence-electron chi connectivity index (χ0n) is 45.8.